The van der Waals surface area contributed by atoms with Crippen molar-refractivity contribution in [2.45, 2.75) is 50.7 Å². The maximum atomic E-state index is 13.8. The van der Waals surface area contributed by atoms with E-state index in [-0.39, 0.29) is 40.1 Å². The second kappa shape index (κ2) is 11.4. The standard InChI is InChI=1S/C25H32ClN5O3S.BrH/c1-25(20-6-5-13-35-20,30-9-3-2-4-10-30)24(33)34-19-16-31(11-7-18(19)8-12-31)17-23(32)29-22-15-27-14-21(26)28-22;/h5-6,13-15,18-19H,2-4,7-12,16-17H2,1H3;1H/t18?,19-,25?,31?;/m0./s1. The number of carbonyl (C=O) groups excluding carboxylic acids is 2. The Labute approximate surface area is 231 Å². The van der Waals surface area contributed by atoms with E-state index in [1.54, 1.807) is 11.3 Å². The highest BCUT2D eigenvalue weighted by Gasteiger charge is 2.51. The lowest BCUT2D eigenvalue weighted by Crippen LogP contribution is -3.00. The zero-order valence-corrected chi connectivity index (χ0v) is 23.7. The minimum atomic E-state index is -0.770. The number of halogens is 2. The lowest BCUT2D eigenvalue weighted by molar-refractivity contribution is -0.939. The number of quaternary nitrogens is 1. The van der Waals surface area contributed by atoms with Crippen molar-refractivity contribution in [3.8, 4) is 0 Å². The van der Waals surface area contributed by atoms with E-state index in [1.807, 2.05) is 24.4 Å². The average Bonchev–Trinajstić information content (AvgIpc) is 3.40. The van der Waals surface area contributed by atoms with Gasteiger partial charge in [-0.3, -0.25) is 14.7 Å². The van der Waals surface area contributed by atoms with E-state index in [4.69, 9.17) is 16.3 Å². The van der Waals surface area contributed by atoms with Gasteiger partial charge in [-0.2, -0.15) is 0 Å². The molecule has 1 unspecified atom stereocenters. The van der Waals surface area contributed by atoms with Gasteiger partial charge in [0.15, 0.2) is 24.0 Å². The molecule has 0 spiro atoms. The van der Waals surface area contributed by atoms with Gasteiger partial charge in [-0.05, 0) is 44.3 Å². The van der Waals surface area contributed by atoms with Crippen LogP contribution in [0, 0.1) is 5.92 Å². The summed E-state index contributed by atoms with van der Waals surface area (Å²) >= 11 is 7.52. The highest BCUT2D eigenvalue weighted by atomic mass is 79.9. The number of nitrogens with zero attached hydrogens (tertiary/aromatic N) is 4. The number of anilines is 1. The molecule has 4 fully saturated rings. The Balaban J connectivity index is 0.00000304. The number of nitrogens with one attached hydrogen (secondary N) is 1. The molecule has 196 valence electrons. The molecule has 0 aliphatic carbocycles. The first kappa shape index (κ1) is 27.4. The summed E-state index contributed by atoms with van der Waals surface area (Å²) in [5.74, 6) is 0.430. The number of fused-ring (bicyclic) bond motifs is 3. The van der Waals surface area contributed by atoms with Crippen molar-refractivity contribution >= 4 is 40.6 Å². The van der Waals surface area contributed by atoms with Crippen LogP contribution in [0.5, 0.6) is 0 Å². The molecule has 4 aliphatic heterocycles. The van der Waals surface area contributed by atoms with Crippen LogP contribution < -0.4 is 22.3 Å². The lowest BCUT2D eigenvalue weighted by atomic mass is 9.83. The number of ether oxygens (including phenoxy) is 1. The molecule has 11 heteroatoms. The summed E-state index contributed by atoms with van der Waals surface area (Å²) in [4.78, 5) is 38.1. The largest absolute Gasteiger partial charge is 1.00 e. The maximum Gasteiger partial charge on any atom is 0.332 e. The molecule has 2 atom stereocenters. The predicted molar refractivity (Wildman–Crippen MR) is 135 cm³/mol. The van der Waals surface area contributed by atoms with Crippen LogP contribution in [-0.4, -0.2) is 76.6 Å². The molecule has 0 saturated carbocycles. The smallest absolute Gasteiger partial charge is 0.332 e. The van der Waals surface area contributed by atoms with Crippen molar-refractivity contribution in [1.82, 2.24) is 14.9 Å². The summed E-state index contributed by atoms with van der Waals surface area (Å²) < 4.78 is 6.98. The minimum absolute atomic E-state index is 0. The Hall–Kier alpha value is -1.59. The number of hydrogen-bond acceptors (Lipinski definition) is 7. The summed E-state index contributed by atoms with van der Waals surface area (Å²) in [6.45, 7) is 6.67. The van der Waals surface area contributed by atoms with Crippen molar-refractivity contribution in [2.24, 2.45) is 5.92 Å². The molecule has 2 aromatic rings. The van der Waals surface area contributed by atoms with Crippen LogP contribution in [0.4, 0.5) is 5.82 Å². The fourth-order valence-corrected chi connectivity index (χ4v) is 7.05. The number of piperidine rings is 4. The molecule has 1 amide bonds. The van der Waals surface area contributed by atoms with Crippen LogP contribution in [0.1, 0.15) is 43.9 Å². The van der Waals surface area contributed by atoms with E-state index < -0.39 is 5.54 Å². The zero-order chi connectivity index (χ0) is 24.5. The summed E-state index contributed by atoms with van der Waals surface area (Å²) in [6, 6.07) is 4.06. The van der Waals surface area contributed by atoms with Crippen molar-refractivity contribution in [3.05, 3.63) is 39.9 Å². The number of rotatable bonds is 7. The van der Waals surface area contributed by atoms with Gasteiger partial charge in [-0.15, -0.1) is 11.3 Å². The third kappa shape index (κ3) is 5.62. The van der Waals surface area contributed by atoms with Gasteiger partial charge in [-0.25, -0.2) is 9.78 Å². The first-order chi connectivity index (χ1) is 16.9. The van der Waals surface area contributed by atoms with E-state index >= 15 is 0 Å². The predicted octanol–water partition coefficient (Wildman–Crippen LogP) is 0.688. The number of carbonyl (C=O) groups is 2. The summed E-state index contributed by atoms with van der Waals surface area (Å²) in [5.41, 5.74) is -0.770. The number of likely N-dealkylation sites (tertiary alicyclic amines) is 1. The zero-order valence-electron chi connectivity index (χ0n) is 20.5. The van der Waals surface area contributed by atoms with Crippen molar-refractivity contribution in [2.75, 3.05) is 44.6 Å². The van der Waals surface area contributed by atoms with Gasteiger partial charge in [-0.1, -0.05) is 24.1 Å². The van der Waals surface area contributed by atoms with E-state index in [1.165, 1.54) is 18.8 Å². The van der Waals surface area contributed by atoms with E-state index in [0.29, 0.717) is 29.3 Å². The molecule has 8 nitrogen and oxygen atoms in total. The highest BCUT2D eigenvalue weighted by molar-refractivity contribution is 7.10. The maximum absolute atomic E-state index is 13.8. The van der Waals surface area contributed by atoms with E-state index in [9.17, 15) is 9.59 Å². The summed E-state index contributed by atoms with van der Waals surface area (Å²) in [5, 5.41) is 5.09. The number of aromatic nitrogens is 2. The van der Waals surface area contributed by atoms with Gasteiger partial charge < -0.3 is 31.5 Å². The fourth-order valence-electron chi connectivity index (χ4n) is 6.00. The number of amides is 1. The Morgan fingerprint density at radius 1 is 1.25 bits per heavy atom. The van der Waals surface area contributed by atoms with Crippen molar-refractivity contribution in [3.63, 3.8) is 0 Å². The van der Waals surface area contributed by atoms with Gasteiger partial charge in [0.05, 0.1) is 25.5 Å². The molecule has 6 heterocycles. The second-order valence-electron chi connectivity index (χ2n) is 10.3. The van der Waals surface area contributed by atoms with Crippen LogP contribution in [0.25, 0.3) is 0 Å². The molecule has 4 saturated heterocycles. The Bertz CT molecular complexity index is 1060. The first-order valence-corrected chi connectivity index (χ1v) is 13.8. The van der Waals surface area contributed by atoms with Gasteiger partial charge >= 0.3 is 5.97 Å². The number of hydrogen-bond donors (Lipinski definition) is 1. The Morgan fingerprint density at radius 2 is 2.00 bits per heavy atom. The molecule has 0 radical (unpaired) electrons. The Kier molecular flexibility index (Phi) is 8.71. The third-order valence-corrected chi connectivity index (χ3v) is 9.30. The fraction of sp³-hybridized carbons (Fsp3) is 0.600. The minimum Gasteiger partial charge on any atom is -1.00 e. The van der Waals surface area contributed by atoms with Gasteiger partial charge in [0.1, 0.15) is 11.7 Å². The van der Waals surface area contributed by atoms with Crippen LogP contribution in [0.15, 0.2) is 29.9 Å². The first-order valence-electron chi connectivity index (χ1n) is 12.5. The summed E-state index contributed by atoms with van der Waals surface area (Å²) in [6.07, 6.45) is 8.08. The van der Waals surface area contributed by atoms with Crippen LogP contribution in [0.2, 0.25) is 5.15 Å². The molecular weight excluding hydrogens is 566 g/mol. The normalized spacial score (nSPS) is 27.5. The second-order valence-corrected chi connectivity index (χ2v) is 11.6. The van der Waals surface area contributed by atoms with Gasteiger partial charge in [0, 0.05) is 23.6 Å². The number of thiophene rings is 1. The number of esters is 1. The Morgan fingerprint density at radius 3 is 2.67 bits per heavy atom. The van der Waals surface area contributed by atoms with Crippen molar-refractivity contribution < 1.29 is 35.8 Å². The topological polar surface area (TPSA) is 84.4 Å². The molecule has 2 aromatic heterocycles. The van der Waals surface area contributed by atoms with Gasteiger partial charge in [0.25, 0.3) is 5.91 Å². The van der Waals surface area contributed by atoms with E-state index in [2.05, 4.69) is 20.2 Å². The van der Waals surface area contributed by atoms with Gasteiger partial charge in [0.2, 0.25) is 0 Å². The molecule has 6 rings (SSSR count). The van der Waals surface area contributed by atoms with Crippen molar-refractivity contribution in [1.29, 1.82) is 0 Å². The summed E-state index contributed by atoms with van der Waals surface area (Å²) in [7, 11) is 0. The van der Waals surface area contributed by atoms with Crippen LogP contribution >= 0.6 is 22.9 Å². The molecule has 4 aliphatic rings. The monoisotopic (exact) mass is 597 g/mol. The van der Waals surface area contributed by atoms with Crippen LogP contribution in [0.3, 0.4) is 0 Å². The third-order valence-electron chi connectivity index (χ3n) is 8.04. The quantitative estimate of drug-likeness (QED) is 0.373. The average molecular weight is 599 g/mol. The van der Waals surface area contributed by atoms with E-state index in [0.717, 1.165) is 56.7 Å². The molecule has 36 heavy (non-hydrogen) atoms. The molecule has 0 aromatic carbocycles. The SMILES string of the molecule is CC(C(=O)O[C@H]1C[N+]2(CC(=O)Nc3cncc(Cl)n3)CCC1CC2)(c1cccs1)N1CCCCC1.[Br-]. The molecule has 2 bridgehead atoms. The lowest BCUT2D eigenvalue weighted by Gasteiger charge is -2.52. The highest BCUT2D eigenvalue weighted by Crippen LogP contribution is 2.39. The van der Waals surface area contributed by atoms with Crippen LogP contribution in [-0.2, 0) is 19.9 Å². The molecular formula is C25H33BrClN5O3S. The molecule has 1 N–H and O–H groups in total.